The van der Waals surface area contributed by atoms with E-state index in [1.54, 1.807) is 0 Å². The van der Waals surface area contributed by atoms with Crippen molar-refractivity contribution in [2.24, 2.45) is 0 Å². The summed E-state index contributed by atoms with van der Waals surface area (Å²) in [5.74, 6) is 0. The number of benzene rings is 3. The highest BCUT2D eigenvalue weighted by molar-refractivity contribution is 6.43. The van der Waals surface area contributed by atoms with Crippen LogP contribution in [0.2, 0.25) is 0 Å². The molecule has 4 aromatic carbocycles. The number of rotatable bonds is 0. The lowest BCUT2D eigenvalue weighted by molar-refractivity contribution is 1.98. The smallest absolute Gasteiger partial charge is 0.00139 e. The predicted octanol–water partition coefficient (Wildman–Crippen LogP) is 3.46. The highest BCUT2D eigenvalue weighted by atomic mass is 14.2. The molecule has 54 valence electrons. The first-order chi connectivity index (χ1) is 5.95. The molecule has 4 rings (SSSR count). The molecule has 0 aliphatic heterocycles. The Labute approximate surface area is 69.4 Å². The number of hydrogen-bond donors (Lipinski definition) is 0. The normalized spacial score (nSPS) is 13.0. The average molecular weight is 150 g/mol. The van der Waals surface area contributed by atoms with E-state index in [0.717, 1.165) is 0 Å². The van der Waals surface area contributed by atoms with Crippen molar-refractivity contribution in [3.05, 3.63) is 36.4 Å². The molecule has 0 atom stereocenters. The summed E-state index contributed by atoms with van der Waals surface area (Å²) in [4.78, 5) is 0. The zero-order chi connectivity index (χ0) is 7.71. The van der Waals surface area contributed by atoms with Crippen LogP contribution in [0, 0.1) is 0 Å². The van der Waals surface area contributed by atoms with Crippen molar-refractivity contribution in [1.29, 1.82) is 0 Å². The van der Waals surface area contributed by atoms with Gasteiger partial charge in [0.1, 0.15) is 0 Å². The zero-order valence-corrected chi connectivity index (χ0v) is 6.46. The third-order valence-corrected chi connectivity index (χ3v) is 2.88. The minimum atomic E-state index is 1.40. The van der Waals surface area contributed by atoms with Gasteiger partial charge in [-0.15, -0.1) is 0 Å². The van der Waals surface area contributed by atoms with Gasteiger partial charge in [-0.05, 0) is 32.3 Å². The van der Waals surface area contributed by atoms with Crippen molar-refractivity contribution < 1.29 is 0 Å². The Morgan fingerprint density at radius 3 is 0.917 bits per heavy atom. The van der Waals surface area contributed by atoms with E-state index in [1.807, 2.05) is 0 Å². The fourth-order valence-corrected chi connectivity index (χ4v) is 2.26. The van der Waals surface area contributed by atoms with Gasteiger partial charge in [0.05, 0.1) is 0 Å². The maximum absolute atomic E-state index is 2.21. The summed E-state index contributed by atoms with van der Waals surface area (Å²) in [5, 5.41) is 8.73. The Hall–Kier alpha value is -1.56. The van der Waals surface area contributed by atoms with Gasteiger partial charge in [0.25, 0.3) is 0 Å². The lowest BCUT2D eigenvalue weighted by Gasteiger charge is -1.83. The van der Waals surface area contributed by atoms with E-state index in [4.69, 9.17) is 0 Å². The Kier molecular flexibility index (Phi) is 0.573. The average Bonchev–Trinajstić information content (AvgIpc) is 2.84. The second kappa shape index (κ2) is 1.34. The highest BCUT2D eigenvalue weighted by Gasteiger charge is 2.18. The van der Waals surface area contributed by atoms with Crippen molar-refractivity contribution >= 4 is 32.3 Å². The van der Waals surface area contributed by atoms with Crippen LogP contribution in [0.5, 0.6) is 0 Å². The molecule has 0 unspecified atom stereocenters. The van der Waals surface area contributed by atoms with Crippen LogP contribution in [0.3, 0.4) is 0 Å². The van der Waals surface area contributed by atoms with Crippen molar-refractivity contribution in [2.75, 3.05) is 0 Å². The lowest BCUT2D eigenvalue weighted by Crippen LogP contribution is -1.57. The minimum absolute atomic E-state index is 1.40. The molecule has 0 saturated carbocycles. The summed E-state index contributed by atoms with van der Waals surface area (Å²) < 4.78 is 0. The van der Waals surface area contributed by atoms with Crippen molar-refractivity contribution in [2.45, 2.75) is 0 Å². The SMILES string of the molecule is c1cc2ccc3ccc1c1c2c31. The van der Waals surface area contributed by atoms with Gasteiger partial charge in [-0.1, -0.05) is 36.4 Å². The predicted molar refractivity (Wildman–Crippen MR) is 52.5 cm³/mol. The van der Waals surface area contributed by atoms with E-state index in [-0.39, 0.29) is 0 Å². The van der Waals surface area contributed by atoms with Crippen molar-refractivity contribution in [3.63, 3.8) is 0 Å². The molecule has 0 amide bonds. The first-order valence-electron chi connectivity index (χ1n) is 4.23. The maximum Gasteiger partial charge on any atom is -0.00139 e. The van der Waals surface area contributed by atoms with Crippen LogP contribution in [-0.2, 0) is 0 Å². The van der Waals surface area contributed by atoms with E-state index >= 15 is 0 Å². The van der Waals surface area contributed by atoms with Crippen LogP contribution in [0.1, 0.15) is 0 Å². The minimum Gasteiger partial charge on any atom is -0.0537 e. The molecule has 0 aliphatic carbocycles. The number of hydrogen-bond acceptors (Lipinski definition) is 0. The first-order valence-corrected chi connectivity index (χ1v) is 4.23. The second-order valence-corrected chi connectivity index (χ2v) is 3.49. The van der Waals surface area contributed by atoms with E-state index in [2.05, 4.69) is 36.4 Å². The third kappa shape index (κ3) is 0.372. The van der Waals surface area contributed by atoms with Gasteiger partial charge in [0.2, 0.25) is 0 Å². The fraction of sp³-hybridized carbons (Fsp3) is 0. The van der Waals surface area contributed by atoms with Crippen LogP contribution < -0.4 is 0 Å². The van der Waals surface area contributed by atoms with Crippen LogP contribution >= 0.6 is 0 Å². The molecule has 0 radical (unpaired) electrons. The summed E-state index contributed by atoms with van der Waals surface area (Å²) in [6.07, 6.45) is 0. The fourth-order valence-electron chi connectivity index (χ4n) is 2.26. The van der Waals surface area contributed by atoms with E-state index in [1.165, 1.54) is 32.3 Å². The molecule has 0 aliphatic rings. The molecule has 0 heterocycles. The molecule has 0 bridgehead atoms. The van der Waals surface area contributed by atoms with Crippen LogP contribution in [-0.4, -0.2) is 0 Å². The standard InChI is InChI=1S/C12H6/c1-2-8-5-6-9-4-3-7(1)10-11(8)12(9)10/h1-6H. The molecule has 0 spiro atoms. The van der Waals surface area contributed by atoms with Gasteiger partial charge in [-0.3, -0.25) is 0 Å². The van der Waals surface area contributed by atoms with E-state index < -0.39 is 0 Å². The van der Waals surface area contributed by atoms with Gasteiger partial charge in [0.15, 0.2) is 0 Å². The van der Waals surface area contributed by atoms with Crippen LogP contribution in [0.25, 0.3) is 32.3 Å². The molecular formula is C12H6. The van der Waals surface area contributed by atoms with Crippen molar-refractivity contribution in [1.82, 2.24) is 0 Å². The molecule has 12 heavy (non-hydrogen) atoms. The summed E-state index contributed by atoms with van der Waals surface area (Å²) in [6, 6.07) is 13.3. The molecule has 0 nitrogen and oxygen atoms in total. The molecule has 0 aromatic heterocycles. The second-order valence-electron chi connectivity index (χ2n) is 3.49. The quantitative estimate of drug-likeness (QED) is 0.360. The molecule has 0 saturated heterocycles. The summed E-state index contributed by atoms with van der Waals surface area (Å²) in [5.41, 5.74) is 0. The molecule has 0 heteroatoms. The Morgan fingerprint density at radius 2 is 0.667 bits per heavy atom. The highest BCUT2D eigenvalue weighted by Crippen LogP contribution is 2.46. The lowest BCUT2D eigenvalue weighted by atomic mass is 10.2. The monoisotopic (exact) mass is 150 g/mol. The molecular weight excluding hydrogens is 144 g/mol. The molecule has 4 aromatic rings. The Balaban J connectivity index is 2.65. The van der Waals surface area contributed by atoms with Gasteiger partial charge in [-0.2, -0.15) is 0 Å². The van der Waals surface area contributed by atoms with Crippen LogP contribution in [0.4, 0.5) is 0 Å². The Morgan fingerprint density at radius 1 is 0.417 bits per heavy atom. The molecule has 0 fully saturated rings. The van der Waals surface area contributed by atoms with Crippen LogP contribution in [0.15, 0.2) is 36.4 Å². The van der Waals surface area contributed by atoms with Gasteiger partial charge < -0.3 is 0 Å². The van der Waals surface area contributed by atoms with E-state index in [9.17, 15) is 0 Å². The maximum atomic E-state index is 2.21. The third-order valence-electron chi connectivity index (χ3n) is 2.88. The largest absolute Gasteiger partial charge is 0.0537 e. The Bertz CT molecular complexity index is 511. The van der Waals surface area contributed by atoms with E-state index in [0.29, 0.717) is 0 Å². The summed E-state index contributed by atoms with van der Waals surface area (Å²) in [7, 11) is 0. The van der Waals surface area contributed by atoms with Gasteiger partial charge in [-0.25, -0.2) is 0 Å². The topological polar surface area (TPSA) is 0 Å². The summed E-state index contributed by atoms with van der Waals surface area (Å²) in [6.45, 7) is 0. The van der Waals surface area contributed by atoms with Gasteiger partial charge in [0, 0.05) is 0 Å². The first kappa shape index (κ1) is 5.15. The summed E-state index contributed by atoms with van der Waals surface area (Å²) >= 11 is 0. The molecule has 0 N–H and O–H groups in total. The zero-order valence-electron chi connectivity index (χ0n) is 6.46. The van der Waals surface area contributed by atoms with Gasteiger partial charge >= 0.3 is 0 Å². The van der Waals surface area contributed by atoms with Crippen molar-refractivity contribution in [3.8, 4) is 0 Å².